The lowest BCUT2D eigenvalue weighted by molar-refractivity contribution is 0.0944. The number of rotatable bonds is 2. The number of aromatic nitrogens is 1. The minimum atomic E-state index is -0.108. The van der Waals surface area contributed by atoms with Crippen LogP contribution in [-0.4, -0.2) is 17.4 Å². The van der Waals surface area contributed by atoms with Gasteiger partial charge in [-0.15, -0.1) is 11.3 Å². The third kappa shape index (κ3) is 2.61. The Bertz CT molecular complexity index is 583. The standard InChI is InChI=1S/C13H17N3OS/c1-13(2,3)7-16-12(17)11-10(14)8-4-5-15-6-9(8)18-11/h4-6H,7,14H2,1-3H3,(H,16,17). The molecule has 2 aromatic rings. The molecule has 5 heteroatoms. The third-order valence-electron chi connectivity index (χ3n) is 2.52. The second kappa shape index (κ2) is 4.57. The number of amides is 1. The summed E-state index contributed by atoms with van der Waals surface area (Å²) in [5.41, 5.74) is 6.60. The molecule has 0 unspecified atom stereocenters. The zero-order chi connectivity index (χ0) is 13.3. The molecule has 0 aliphatic heterocycles. The molecule has 18 heavy (non-hydrogen) atoms. The molecular formula is C13H17N3OS. The van der Waals surface area contributed by atoms with Gasteiger partial charge in [-0.1, -0.05) is 20.8 Å². The van der Waals surface area contributed by atoms with Gasteiger partial charge in [-0.25, -0.2) is 0 Å². The lowest BCUT2D eigenvalue weighted by atomic mass is 9.97. The fraction of sp³-hybridized carbons (Fsp3) is 0.385. The highest BCUT2D eigenvalue weighted by Crippen LogP contribution is 2.32. The molecule has 0 aromatic carbocycles. The first-order valence-electron chi connectivity index (χ1n) is 5.79. The molecule has 3 N–H and O–H groups in total. The first-order chi connectivity index (χ1) is 8.38. The summed E-state index contributed by atoms with van der Waals surface area (Å²) in [5.74, 6) is -0.108. The summed E-state index contributed by atoms with van der Waals surface area (Å²) < 4.78 is 0.941. The quantitative estimate of drug-likeness (QED) is 0.875. The predicted octanol–water partition coefficient (Wildman–Crippen LogP) is 2.65. The average Bonchev–Trinajstić information content (AvgIpc) is 2.64. The molecule has 0 fully saturated rings. The Balaban J connectivity index is 2.26. The van der Waals surface area contributed by atoms with Crippen LogP contribution in [0.25, 0.3) is 10.1 Å². The summed E-state index contributed by atoms with van der Waals surface area (Å²) in [7, 11) is 0. The van der Waals surface area contributed by atoms with E-state index in [0.29, 0.717) is 17.1 Å². The van der Waals surface area contributed by atoms with Crippen LogP contribution < -0.4 is 11.1 Å². The van der Waals surface area contributed by atoms with Crippen molar-refractivity contribution in [3.8, 4) is 0 Å². The van der Waals surface area contributed by atoms with Crippen LogP contribution in [0.2, 0.25) is 0 Å². The molecule has 0 spiro atoms. The minimum Gasteiger partial charge on any atom is -0.397 e. The maximum absolute atomic E-state index is 12.1. The lowest BCUT2D eigenvalue weighted by Gasteiger charge is -2.18. The first-order valence-corrected chi connectivity index (χ1v) is 6.60. The largest absolute Gasteiger partial charge is 0.397 e. The van der Waals surface area contributed by atoms with Crippen molar-refractivity contribution < 1.29 is 4.79 Å². The molecule has 4 nitrogen and oxygen atoms in total. The Hall–Kier alpha value is -1.62. The Morgan fingerprint density at radius 3 is 2.83 bits per heavy atom. The molecule has 1 amide bonds. The van der Waals surface area contributed by atoms with Crippen molar-refractivity contribution in [1.82, 2.24) is 10.3 Å². The maximum Gasteiger partial charge on any atom is 0.263 e. The van der Waals surface area contributed by atoms with Gasteiger partial charge in [0, 0.05) is 24.3 Å². The van der Waals surface area contributed by atoms with Crippen LogP contribution in [0.5, 0.6) is 0 Å². The highest BCUT2D eigenvalue weighted by atomic mass is 32.1. The Morgan fingerprint density at radius 2 is 2.22 bits per heavy atom. The summed E-state index contributed by atoms with van der Waals surface area (Å²) in [4.78, 5) is 16.7. The van der Waals surface area contributed by atoms with Crippen molar-refractivity contribution in [3.63, 3.8) is 0 Å². The number of nitrogens with one attached hydrogen (secondary N) is 1. The summed E-state index contributed by atoms with van der Waals surface area (Å²) in [6.07, 6.45) is 3.42. The average molecular weight is 263 g/mol. The van der Waals surface area contributed by atoms with Crippen LogP contribution >= 0.6 is 11.3 Å². The van der Waals surface area contributed by atoms with Gasteiger partial charge in [-0.05, 0) is 11.5 Å². The van der Waals surface area contributed by atoms with Crippen LogP contribution in [-0.2, 0) is 0 Å². The van der Waals surface area contributed by atoms with E-state index in [2.05, 4.69) is 31.1 Å². The van der Waals surface area contributed by atoms with Gasteiger partial charge in [-0.2, -0.15) is 0 Å². The molecule has 2 rings (SSSR count). The topological polar surface area (TPSA) is 68.0 Å². The molecule has 0 bridgehead atoms. The van der Waals surface area contributed by atoms with E-state index >= 15 is 0 Å². The number of hydrogen-bond acceptors (Lipinski definition) is 4. The van der Waals surface area contributed by atoms with Crippen LogP contribution in [0, 0.1) is 5.41 Å². The first kappa shape index (κ1) is 12.8. The number of nitrogens with zero attached hydrogens (tertiary/aromatic N) is 1. The van der Waals surface area contributed by atoms with Crippen molar-refractivity contribution >= 4 is 33.0 Å². The Labute approximate surface area is 110 Å². The monoisotopic (exact) mass is 263 g/mol. The summed E-state index contributed by atoms with van der Waals surface area (Å²) in [6.45, 7) is 6.85. The molecular weight excluding hydrogens is 246 g/mol. The second-order valence-electron chi connectivity index (χ2n) is 5.46. The normalized spacial score (nSPS) is 11.7. The van der Waals surface area contributed by atoms with Gasteiger partial charge in [0.1, 0.15) is 4.88 Å². The molecule has 0 saturated heterocycles. The fourth-order valence-electron chi connectivity index (χ4n) is 1.57. The summed E-state index contributed by atoms with van der Waals surface area (Å²) in [6, 6.07) is 1.84. The van der Waals surface area contributed by atoms with Gasteiger partial charge in [0.25, 0.3) is 5.91 Å². The van der Waals surface area contributed by atoms with Gasteiger partial charge < -0.3 is 11.1 Å². The van der Waals surface area contributed by atoms with Gasteiger partial charge in [0.2, 0.25) is 0 Å². The number of hydrogen-bond donors (Lipinski definition) is 2. The number of carbonyl (C=O) groups excluding carboxylic acids is 1. The summed E-state index contributed by atoms with van der Waals surface area (Å²) >= 11 is 1.38. The second-order valence-corrected chi connectivity index (χ2v) is 6.51. The molecule has 0 aliphatic rings. The summed E-state index contributed by atoms with van der Waals surface area (Å²) in [5, 5.41) is 3.81. The molecule has 2 aromatic heterocycles. The zero-order valence-corrected chi connectivity index (χ0v) is 11.6. The number of nitrogen functional groups attached to an aromatic ring is 1. The third-order valence-corrected chi connectivity index (χ3v) is 3.67. The Morgan fingerprint density at radius 1 is 1.50 bits per heavy atom. The molecule has 96 valence electrons. The molecule has 0 radical (unpaired) electrons. The van der Waals surface area contributed by atoms with E-state index in [1.807, 2.05) is 6.07 Å². The number of thiophene rings is 1. The van der Waals surface area contributed by atoms with E-state index in [9.17, 15) is 4.79 Å². The maximum atomic E-state index is 12.1. The lowest BCUT2D eigenvalue weighted by Crippen LogP contribution is -2.32. The SMILES string of the molecule is CC(C)(C)CNC(=O)c1sc2cnccc2c1N. The Kier molecular flexibility index (Phi) is 3.26. The smallest absolute Gasteiger partial charge is 0.263 e. The van der Waals surface area contributed by atoms with Crippen LogP contribution in [0.15, 0.2) is 18.5 Å². The molecule has 2 heterocycles. The van der Waals surface area contributed by atoms with Crippen molar-refractivity contribution in [2.45, 2.75) is 20.8 Å². The fourth-order valence-corrected chi connectivity index (χ4v) is 2.57. The number of anilines is 1. The minimum absolute atomic E-state index is 0.0582. The highest BCUT2D eigenvalue weighted by Gasteiger charge is 2.18. The number of fused-ring (bicyclic) bond motifs is 1. The van der Waals surface area contributed by atoms with Crippen LogP contribution in [0.1, 0.15) is 30.4 Å². The van der Waals surface area contributed by atoms with Gasteiger partial charge in [0.05, 0.1) is 10.4 Å². The zero-order valence-electron chi connectivity index (χ0n) is 10.8. The highest BCUT2D eigenvalue weighted by molar-refractivity contribution is 7.21. The van der Waals surface area contributed by atoms with Crippen molar-refractivity contribution in [3.05, 3.63) is 23.3 Å². The predicted molar refractivity (Wildman–Crippen MR) is 75.8 cm³/mol. The van der Waals surface area contributed by atoms with Crippen molar-refractivity contribution in [1.29, 1.82) is 0 Å². The van der Waals surface area contributed by atoms with E-state index in [1.54, 1.807) is 12.4 Å². The van der Waals surface area contributed by atoms with Crippen molar-refractivity contribution in [2.75, 3.05) is 12.3 Å². The van der Waals surface area contributed by atoms with Crippen molar-refractivity contribution in [2.24, 2.45) is 5.41 Å². The molecule has 0 aliphatic carbocycles. The van der Waals surface area contributed by atoms with E-state index in [1.165, 1.54) is 11.3 Å². The van der Waals surface area contributed by atoms with E-state index < -0.39 is 0 Å². The van der Waals surface area contributed by atoms with Crippen LogP contribution in [0.4, 0.5) is 5.69 Å². The van der Waals surface area contributed by atoms with Gasteiger partial charge in [-0.3, -0.25) is 9.78 Å². The number of pyridine rings is 1. The molecule has 0 atom stereocenters. The van der Waals surface area contributed by atoms with E-state index in [0.717, 1.165) is 10.1 Å². The number of nitrogens with two attached hydrogens (primary N) is 1. The van der Waals surface area contributed by atoms with Gasteiger partial charge >= 0.3 is 0 Å². The van der Waals surface area contributed by atoms with Gasteiger partial charge in [0.15, 0.2) is 0 Å². The number of carbonyl (C=O) groups is 1. The van der Waals surface area contributed by atoms with E-state index in [-0.39, 0.29) is 11.3 Å². The van der Waals surface area contributed by atoms with Crippen LogP contribution in [0.3, 0.4) is 0 Å². The molecule has 0 saturated carbocycles. The van der Waals surface area contributed by atoms with E-state index in [4.69, 9.17) is 5.73 Å².